The molecule has 0 saturated carbocycles. The maximum atomic E-state index is 12.4. The molecular weight excluding hydrogens is 231 g/mol. The molecule has 1 aromatic rings. The predicted octanol–water partition coefficient (Wildman–Crippen LogP) is 2.63. The van der Waals surface area contributed by atoms with Crippen molar-refractivity contribution in [2.45, 2.75) is 31.9 Å². The Morgan fingerprint density at radius 2 is 2.06 bits per heavy atom. The molecule has 1 saturated heterocycles. The lowest BCUT2D eigenvalue weighted by atomic mass is 9.96. The van der Waals surface area contributed by atoms with Gasteiger partial charge >= 0.3 is 6.18 Å². The molecule has 1 N–H and O–H groups in total. The number of halogens is 3. The number of nitrogens with one attached hydrogen (secondary N) is 1. The standard InChI is InChI=1S/C11H16F3N3/c1-2-17-5-3-8(4-6-17)10-15-7-9(16-10)11(12,13)14/h7-8H,2-6H2,1H3,(H,15,16). The summed E-state index contributed by atoms with van der Waals surface area (Å²) >= 11 is 0. The van der Waals surface area contributed by atoms with Crippen LogP contribution in [0.25, 0.3) is 0 Å². The van der Waals surface area contributed by atoms with E-state index in [1.165, 1.54) is 0 Å². The van der Waals surface area contributed by atoms with E-state index in [1.54, 1.807) is 0 Å². The highest BCUT2D eigenvalue weighted by Gasteiger charge is 2.34. The van der Waals surface area contributed by atoms with E-state index in [4.69, 9.17) is 0 Å². The molecule has 3 nitrogen and oxygen atoms in total. The van der Waals surface area contributed by atoms with Crippen molar-refractivity contribution in [3.05, 3.63) is 17.7 Å². The minimum atomic E-state index is -4.32. The van der Waals surface area contributed by atoms with E-state index in [1.807, 2.05) is 0 Å². The summed E-state index contributed by atoms with van der Waals surface area (Å²) in [5.74, 6) is 0.613. The van der Waals surface area contributed by atoms with E-state index in [2.05, 4.69) is 21.8 Å². The molecule has 1 aliphatic rings. The van der Waals surface area contributed by atoms with Crippen molar-refractivity contribution < 1.29 is 13.2 Å². The second-order valence-electron chi connectivity index (χ2n) is 4.39. The first-order valence-corrected chi connectivity index (χ1v) is 5.85. The zero-order valence-corrected chi connectivity index (χ0v) is 9.72. The Labute approximate surface area is 98.0 Å². The minimum Gasteiger partial charge on any atom is -0.338 e. The van der Waals surface area contributed by atoms with Crippen molar-refractivity contribution in [2.24, 2.45) is 0 Å². The first-order chi connectivity index (χ1) is 8.00. The molecule has 17 heavy (non-hydrogen) atoms. The summed E-state index contributed by atoms with van der Waals surface area (Å²) in [6, 6.07) is 0. The number of hydrogen-bond donors (Lipinski definition) is 1. The molecule has 0 bridgehead atoms. The van der Waals surface area contributed by atoms with Gasteiger partial charge in [0.2, 0.25) is 0 Å². The average Bonchev–Trinajstić information content (AvgIpc) is 2.78. The molecule has 0 amide bonds. The van der Waals surface area contributed by atoms with E-state index in [0.717, 1.165) is 38.7 Å². The Bertz CT molecular complexity index is 364. The summed E-state index contributed by atoms with van der Waals surface area (Å²) in [6.07, 6.45) is -1.69. The van der Waals surface area contributed by atoms with Crippen LogP contribution in [0.1, 0.15) is 37.2 Å². The topological polar surface area (TPSA) is 31.9 Å². The minimum absolute atomic E-state index is 0.133. The van der Waals surface area contributed by atoms with Crippen LogP contribution in [0, 0.1) is 0 Å². The summed E-state index contributed by atoms with van der Waals surface area (Å²) in [7, 11) is 0. The van der Waals surface area contributed by atoms with Crippen LogP contribution in [0.4, 0.5) is 13.2 Å². The van der Waals surface area contributed by atoms with Gasteiger partial charge in [0.15, 0.2) is 0 Å². The fraction of sp³-hybridized carbons (Fsp3) is 0.727. The molecule has 6 heteroatoms. The monoisotopic (exact) mass is 247 g/mol. The highest BCUT2D eigenvalue weighted by atomic mass is 19.4. The van der Waals surface area contributed by atoms with Crippen LogP contribution < -0.4 is 0 Å². The molecule has 1 fully saturated rings. The Hall–Kier alpha value is -1.04. The number of aromatic amines is 1. The summed E-state index contributed by atoms with van der Waals surface area (Å²) in [5.41, 5.74) is -0.745. The second kappa shape index (κ2) is 4.68. The first-order valence-electron chi connectivity index (χ1n) is 5.85. The lowest BCUT2D eigenvalue weighted by Crippen LogP contribution is -2.32. The van der Waals surface area contributed by atoms with Crippen LogP contribution in [0.15, 0.2) is 6.20 Å². The number of alkyl halides is 3. The summed E-state index contributed by atoms with van der Waals surface area (Å²) < 4.78 is 37.2. The number of likely N-dealkylation sites (tertiary alicyclic amines) is 1. The fourth-order valence-corrected chi connectivity index (χ4v) is 2.21. The lowest BCUT2D eigenvalue weighted by molar-refractivity contribution is -0.141. The largest absolute Gasteiger partial charge is 0.432 e. The van der Waals surface area contributed by atoms with Gasteiger partial charge in [-0.05, 0) is 32.5 Å². The molecule has 1 aliphatic heterocycles. The van der Waals surface area contributed by atoms with Crippen molar-refractivity contribution in [1.82, 2.24) is 14.9 Å². The Morgan fingerprint density at radius 3 is 2.53 bits per heavy atom. The van der Waals surface area contributed by atoms with Crippen LogP contribution in [-0.2, 0) is 6.18 Å². The molecule has 2 heterocycles. The lowest BCUT2D eigenvalue weighted by Gasteiger charge is -2.29. The van der Waals surface area contributed by atoms with Crippen LogP contribution in [0.3, 0.4) is 0 Å². The summed E-state index contributed by atoms with van der Waals surface area (Å²) in [4.78, 5) is 8.56. The second-order valence-corrected chi connectivity index (χ2v) is 4.39. The number of hydrogen-bond acceptors (Lipinski definition) is 2. The van der Waals surface area contributed by atoms with E-state index >= 15 is 0 Å². The third-order valence-corrected chi connectivity index (χ3v) is 3.32. The van der Waals surface area contributed by atoms with Gasteiger partial charge < -0.3 is 9.88 Å². The normalized spacial score (nSPS) is 19.8. The molecule has 0 spiro atoms. The van der Waals surface area contributed by atoms with Gasteiger partial charge in [0.1, 0.15) is 11.5 Å². The number of rotatable bonds is 2. The first kappa shape index (κ1) is 12.4. The number of aromatic nitrogens is 2. The van der Waals surface area contributed by atoms with Crippen molar-refractivity contribution in [1.29, 1.82) is 0 Å². The number of nitrogens with zero attached hydrogens (tertiary/aromatic N) is 2. The van der Waals surface area contributed by atoms with E-state index in [-0.39, 0.29) is 5.92 Å². The van der Waals surface area contributed by atoms with E-state index in [9.17, 15) is 13.2 Å². The highest BCUT2D eigenvalue weighted by Crippen LogP contribution is 2.31. The van der Waals surface area contributed by atoms with Gasteiger partial charge in [0, 0.05) is 5.92 Å². The number of piperidine rings is 1. The Balaban J connectivity index is 2.02. The smallest absolute Gasteiger partial charge is 0.338 e. The van der Waals surface area contributed by atoms with Crippen LogP contribution in [0.2, 0.25) is 0 Å². The maximum Gasteiger partial charge on any atom is 0.432 e. The molecule has 0 aliphatic carbocycles. The molecule has 0 radical (unpaired) electrons. The van der Waals surface area contributed by atoms with Crippen molar-refractivity contribution in [3.63, 3.8) is 0 Å². The van der Waals surface area contributed by atoms with Gasteiger partial charge in [-0.1, -0.05) is 6.92 Å². The average molecular weight is 247 g/mol. The quantitative estimate of drug-likeness (QED) is 0.871. The third-order valence-electron chi connectivity index (χ3n) is 3.32. The van der Waals surface area contributed by atoms with Gasteiger partial charge in [0.05, 0.1) is 6.20 Å². The molecule has 0 atom stereocenters. The van der Waals surface area contributed by atoms with Gasteiger partial charge in [-0.15, -0.1) is 0 Å². The van der Waals surface area contributed by atoms with Crippen molar-refractivity contribution >= 4 is 0 Å². The van der Waals surface area contributed by atoms with Crippen LogP contribution >= 0.6 is 0 Å². The van der Waals surface area contributed by atoms with Gasteiger partial charge in [-0.3, -0.25) is 0 Å². The van der Waals surface area contributed by atoms with E-state index < -0.39 is 11.9 Å². The molecule has 96 valence electrons. The van der Waals surface area contributed by atoms with Crippen LogP contribution in [-0.4, -0.2) is 34.5 Å². The fourth-order valence-electron chi connectivity index (χ4n) is 2.21. The molecular formula is C11H16F3N3. The van der Waals surface area contributed by atoms with Gasteiger partial charge in [-0.2, -0.15) is 13.2 Å². The molecule has 0 unspecified atom stereocenters. The zero-order valence-electron chi connectivity index (χ0n) is 9.72. The molecule has 1 aromatic heterocycles. The zero-order chi connectivity index (χ0) is 12.5. The SMILES string of the molecule is CCN1CCC(c2ncc(C(F)(F)F)[nH]2)CC1. The highest BCUT2D eigenvalue weighted by molar-refractivity contribution is 5.09. The van der Waals surface area contributed by atoms with Crippen molar-refractivity contribution in [3.8, 4) is 0 Å². The predicted molar refractivity (Wildman–Crippen MR) is 57.7 cm³/mol. The molecule has 2 rings (SSSR count). The van der Waals surface area contributed by atoms with Crippen molar-refractivity contribution in [2.75, 3.05) is 19.6 Å². The molecule has 0 aromatic carbocycles. The van der Waals surface area contributed by atoms with Crippen LogP contribution in [0.5, 0.6) is 0 Å². The van der Waals surface area contributed by atoms with Gasteiger partial charge in [0.25, 0.3) is 0 Å². The maximum absolute atomic E-state index is 12.4. The van der Waals surface area contributed by atoms with E-state index in [0.29, 0.717) is 5.82 Å². The number of H-pyrrole nitrogens is 1. The Morgan fingerprint density at radius 1 is 1.41 bits per heavy atom. The summed E-state index contributed by atoms with van der Waals surface area (Å²) in [6.45, 7) is 4.96. The summed E-state index contributed by atoms with van der Waals surface area (Å²) in [5, 5.41) is 0. The van der Waals surface area contributed by atoms with Gasteiger partial charge in [-0.25, -0.2) is 4.98 Å². The third kappa shape index (κ3) is 2.80. The number of imidazole rings is 1. The Kier molecular flexibility index (Phi) is 3.42.